The van der Waals surface area contributed by atoms with Crippen LogP contribution in [0.1, 0.15) is 39.7 Å². The van der Waals surface area contributed by atoms with E-state index in [2.05, 4.69) is 39.4 Å². The molecule has 5 nitrogen and oxygen atoms in total. The van der Waals surface area contributed by atoms with Crippen molar-refractivity contribution in [3.8, 4) is 11.1 Å². The van der Waals surface area contributed by atoms with Gasteiger partial charge in [-0.15, -0.1) is 0 Å². The van der Waals surface area contributed by atoms with E-state index in [0.717, 1.165) is 28.4 Å². The van der Waals surface area contributed by atoms with Gasteiger partial charge in [-0.2, -0.15) is 5.10 Å². The van der Waals surface area contributed by atoms with Crippen molar-refractivity contribution in [3.63, 3.8) is 0 Å². The van der Waals surface area contributed by atoms with Gasteiger partial charge in [0.15, 0.2) is 0 Å². The molecule has 0 spiro atoms. The van der Waals surface area contributed by atoms with Crippen molar-refractivity contribution < 1.29 is 9.53 Å². The molecule has 0 saturated carbocycles. The highest BCUT2D eigenvalue weighted by molar-refractivity contribution is 9.10. The number of likely N-dealkylation sites (tertiary alicyclic amines) is 1. The maximum atomic E-state index is 12.2. The van der Waals surface area contributed by atoms with Crippen molar-refractivity contribution in [2.24, 2.45) is 0 Å². The van der Waals surface area contributed by atoms with Gasteiger partial charge in [-0.05, 0) is 51.3 Å². The number of hydrogen-bond donors (Lipinski definition) is 0. The third kappa shape index (κ3) is 4.63. The summed E-state index contributed by atoms with van der Waals surface area (Å²) in [7, 11) is 0. The topological polar surface area (TPSA) is 47.4 Å². The van der Waals surface area contributed by atoms with Crippen molar-refractivity contribution in [1.82, 2.24) is 14.7 Å². The van der Waals surface area contributed by atoms with Crippen LogP contribution in [0.2, 0.25) is 0 Å². The first kappa shape index (κ1) is 18.0. The third-order valence-corrected chi connectivity index (χ3v) is 4.80. The first-order valence-corrected chi connectivity index (χ1v) is 9.39. The Morgan fingerprint density at radius 2 is 1.80 bits per heavy atom. The molecule has 0 unspecified atom stereocenters. The Labute approximate surface area is 157 Å². The molecule has 0 aliphatic carbocycles. The fourth-order valence-electron chi connectivity index (χ4n) is 2.97. The SMILES string of the molecule is CC(C)(C)OC(=O)N1CCC(n2cc(-c3ccc(Br)cc3)cn2)CC1. The number of carbonyl (C=O) groups is 1. The van der Waals surface area contributed by atoms with Crippen LogP contribution >= 0.6 is 15.9 Å². The molecule has 0 atom stereocenters. The molecule has 1 aromatic carbocycles. The van der Waals surface area contributed by atoms with E-state index in [1.54, 1.807) is 4.90 Å². The summed E-state index contributed by atoms with van der Waals surface area (Å²) in [4.78, 5) is 13.9. The minimum atomic E-state index is -0.449. The normalized spacial score (nSPS) is 16.1. The average molecular weight is 406 g/mol. The maximum Gasteiger partial charge on any atom is 0.410 e. The van der Waals surface area contributed by atoms with E-state index in [0.29, 0.717) is 19.1 Å². The molecule has 0 N–H and O–H groups in total. The Kier molecular flexibility index (Phi) is 5.18. The number of benzene rings is 1. The third-order valence-electron chi connectivity index (χ3n) is 4.27. The maximum absolute atomic E-state index is 12.2. The van der Waals surface area contributed by atoms with Gasteiger partial charge in [0.2, 0.25) is 0 Å². The van der Waals surface area contributed by atoms with Gasteiger partial charge in [0, 0.05) is 29.3 Å². The van der Waals surface area contributed by atoms with Crippen LogP contribution < -0.4 is 0 Å². The Hall–Kier alpha value is -1.82. The van der Waals surface area contributed by atoms with Gasteiger partial charge >= 0.3 is 6.09 Å². The van der Waals surface area contributed by atoms with Crippen LogP contribution in [0.15, 0.2) is 41.1 Å². The lowest BCUT2D eigenvalue weighted by molar-refractivity contribution is 0.0185. The van der Waals surface area contributed by atoms with Gasteiger partial charge in [0.1, 0.15) is 5.60 Å². The Morgan fingerprint density at radius 3 is 2.40 bits per heavy atom. The van der Waals surface area contributed by atoms with Crippen molar-refractivity contribution in [2.45, 2.75) is 45.3 Å². The zero-order chi connectivity index (χ0) is 18.0. The van der Waals surface area contributed by atoms with Gasteiger partial charge < -0.3 is 9.64 Å². The van der Waals surface area contributed by atoms with Gasteiger partial charge in [0.05, 0.1) is 12.2 Å². The highest BCUT2D eigenvalue weighted by Gasteiger charge is 2.27. The van der Waals surface area contributed by atoms with Crippen molar-refractivity contribution >= 4 is 22.0 Å². The van der Waals surface area contributed by atoms with Gasteiger partial charge in [-0.1, -0.05) is 28.1 Å². The van der Waals surface area contributed by atoms with Crippen LogP contribution in [-0.2, 0) is 4.74 Å². The number of rotatable bonds is 2. The summed E-state index contributed by atoms with van der Waals surface area (Å²) in [6.45, 7) is 7.08. The van der Waals surface area contributed by atoms with Gasteiger partial charge in [-0.3, -0.25) is 4.68 Å². The number of piperidine rings is 1. The molecule has 0 radical (unpaired) electrons. The quantitative estimate of drug-likeness (QED) is 0.714. The molecule has 1 saturated heterocycles. The molecule has 0 bridgehead atoms. The molecule has 2 heterocycles. The molecule has 3 rings (SSSR count). The molecule has 2 aromatic rings. The number of nitrogens with zero attached hydrogens (tertiary/aromatic N) is 3. The molecule has 134 valence electrons. The predicted octanol–water partition coefficient (Wildman–Crippen LogP) is 4.88. The summed E-state index contributed by atoms with van der Waals surface area (Å²) in [6.07, 6.45) is 5.56. The average Bonchev–Trinajstić information content (AvgIpc) is 3.04. The molecular formula is C19H24BrN3O2. The Balaban J connectivity index is 1.60. The fourth-order valence-corrected chi connectivity index (χ4v) is 3.23. The van der Waals surface area contributed by atoms with E-state index in [-0.39, 0.29) is 6.09 Å². The number of ether oxygens (including phenoxy) is 1. The lowest BCUT2D eigenvalue weighted by Crippen LogP contribution is -2.42. The monoisotopic (exact) mass is 405 g/mol. The minimum Gasteiger partial charge on any atom is -0.444 e. The van der Waals surface area contributed by atoms with E-state index in [1.807, 2.05) is 43.8 Å². The molecular weight excluding hydrogens is 382 g/mol. The first-order valence-electron chi connectivity index (χ1n) is 8.60. The minimum absolute atomic E-state index is 0.220. The molecule has 1 aliphatic heterocycles. The second-order valence-corrected chi connectivity index (χ2v) is 8.33. The largest absolute Gasteiger partial charge is 0.444 e. The zero-order valence-corrected chi connectivity index (χ0v) is 16.5. The molecule has 6 heteroatoms. The second-order valence-electron chi connectivity index (χ2n) is 7.41. The van der Waals surface area contributed by atoms with Crippen LogP contribution in [0.3, 0.4) is 0 Å². The number of halogens is 1. The van der Waals surface area contributed by atoms with E-state index in [4.69, 9.17) is 4.74 Å². The molecule has 1 aliphatic rings. The molecule has 1 fully saturated rings. The van der Waals surface area contributed by atoms with Crippen molar-refractivity contribution in [1.29, 1.82) is 0 Å². The number of aromatic nitrogens is 2. The smallest absolute Gasteiger partial charge is 0.410 e. The fraction of sp³-hybridized carbons (Fsp3) is 0.474. The van der Waals surface area contributed by atoms with Gasteiger partial charge in [-0.25, -0.2) is 4.79 Å². The number of carbonyl (C=O) groups excluding carboxylic acids is 1. The van der Waals surface area contributed by atoms with Crippen LogP contribution in [0.5, 0.6) is 0 Å². The molecule has 25 heavy (non-hydrogen) atoms. The predicted molar refractivity (Wildman–Crippen MR) is 101 cm³/mol. The molecule has 1 aromatic heterocycles. The highest BCUT2D eigenvalue weighted by Crippen LogP contribution is 2.27. The van der Waals surface area contributed by atoms with E-state index >= 15 is 0 Å². The Morgan fingerprint density at radius 1 is 1.16 bits per heavy atom. The van der Waals surface area contributed by atoms with Crippen LogP contribution in [0, 0.1) is 0 Å². The van der Waals surface area contributed by atoms with Crippen molar-refractivity contribution in [2.75, 3.05) is 13.1 Å². The summed E-state index contributed by atoms with van der Waals surface area (Å²) in [5.74, 6) is 0. The number of amides is 1. The summed E-state index contributed by atoms with van der Waals surface area (Å²) in [5.41, 5.74) is 1.82. The lowest BCUT2D eigenvalue weighted by Gasteiger charge is -2.33. The summed E-state index contributed by atoms with van der Waals surface area (Å²) < 4.78 is 8.55. The summed E-state index contributed by atoms with van der Waals surface area (Å²) >= 11 is 3.46. The summed E-state index contributed by atoms with van der Waals surface area (Å²) in [6, 6.07) is 8.55. The Bertz CT molecular complexity index is 726. The van der Waals surface area contributed by atoms with Crippen LogP contribution in [0.4, 0.5) is 4.79 Å². The van der Waals surface area contributed by atoms with Crippen LogP contribution in [0.25, 0.3) is 11.1 Å². The highest BCUT2D eigenvalue weighted by atomic mass is 79.9. The first-order chi connectivity index (χ1) is 11.8. The standard InChI is InChI=1S/C19H24BrN3O2/c1-19(2,3)25-18(24)22-10-8-17(9-11-22)23-13-15(12-21-23)14-4-6-16(20)7-5-14/h4-7,12-13,17H,8-11H2,1-3H3. The van der Waals surface area contributed by atoms with E-state index in [1.165, 1.54) is 0 Å². The van der Waals surface area contributed by atoms with E-state index in [9.17, 15) is 4.79 Å². The molecule has 1 amide bonds. The van der Waals surface area contributed by atoms with E-state index < -0.39 is 5.60 Å². The lowest BCUT2D eigenvalue weighted by atomic mass is 10.1. The zero-order valence-electron chi connectivity index (χ0n) is 14.9. The number of hydrogen-bond acceptors (Lipinski definition) is 3. The van der Waals surface area contributed by atoms with Gasteiger partial charge in [0.25, 0.3) is 0 Å². The van der Waals surface area contributed by atoms with Crippen molar-refractivity contribution in [3.05, 3.63) is 41.1 Å². The summed E-state index contributed by atoms with van der Waals surface area (Å²) in [5, 5.41) is 4.54. The van der Waals surface area contributed by atoms with Crippen LogP contribution in [-0.4, -0.2) is 39.5 Å². The second kappa shape index (κ2) is 7.20.